The van der Waals surface area contributed by atoms with E-state index in [1.807, 2.05) is 6.92 Å². The van der Waals surface area contributed by atoms with Crippen molar-refractivity contribution < 1.29 is 19.0 Å². The summed E-state index contributed by atoms with van der Waals surface area (Å²) in [5, 5.41) is 5.81. The van der Waals surface area contributed by atoms with E-state index < -0.39 is 0 Å². The van der Waals surface area contributed by atoms with Gasteiger partial charge in [0.2, 0.25) is 0 Å². The Hall–Kier alpha value is -2.32. The second-order valence-corrected chi connectivity index (χ2v) is 6.61. The maximum atomic E-state index is 12.4. The quantitative estimate of drug-likeness (QED) is 0.711. The van der Waals surface area contributed by atoms with Gasteiger partial charge in [0.1, 0.15) is 19.0 Å². The van der Waals surface area contributed by atoms with Crippen LogP contribution in [0, 0.1) is 0 Å². The van der Waals surface area contributed by atoms with Crippen molar-refractivity contribution in [2.75, 3.05) is 25.1 Å². The van der Waals surface area contributed by atoms with Crippen molar-refractivity contribution in [2.24, 2.45) is 0 Å². The highest BCUT2D eigenvalue weighted by Gasteiger charge is 2.14. The third-order valence-electron chi connectivity index (χ3n) is 3.52. The van der Waals surface area contributed by atoms with E-state index in [0.29, 0.717) is 52.8 Å². The van der Waals surface area contributed by atoms with Gasteiger partial charge in [0.25, 0.3) is 5.91 Å². The smallest absolute Gasteiger partial charge is 0.257 e. The summed E-state index contributed by atoms with van der Waals surface area (Å²) in [6, 6.07) is 10.5. The number of benzene rings is 2. The molecule has 0 saturated heterocycles. The minimum atomic E-state index is -0.316. The molecule has 0 fully saturated rings. The topological polar surface area (TPSA) is 68.8 Å². The van der Waals surface area contributed by atoms with E-state index in [-0.39, 0.29) is 11.0 Å². The molecule has 2 aromatic carbocycles. The van der Waals surface area contributed by atoms with E-state index in [1.165, 1.54) is 0 Å². The van der Waals surface area contributed by atoms with E-state index in [2.05, 4.69) is 26.6 Å². The molecule has 1 heterocycles. The molecule has 1 amide bonds. The molecule has 1 aliphatic rings. The molecule has 0 aromatic heterocycles. The Kier molecular flexibility index (Phi) is 5.95. The molecule has 0 atom stereocenters. The summed E-state index contributed by atoms with van der Waals surface area (Å²) in [6.07, 6.45) is 0. The largest absolute Gasteiger partial charge is 0.493 e. The first kappa shape index (κ1) is 18.5. The minimum Gasteiger partial charge on any atom is -0.493 e. The third kappa shape index (κ3) is 4.44. The van der Waals surface area contributed by atoms with Crippen LogP contribution >= 0.6 is 28.1 Å². The molecule has 3 rings (SSSR count). The van der Waals surface area contributed by atoms with Gasteiger partial charge in [-0.15, -0.1) is 0 Å². The Balaban J connectivity index is 1.62. The van der Waals surface area contributed by atoms with Crippen molar-refractivity contribution in [1.29, 1.82) is 0 Å². The number of halogens is 1. The Labute approximate surface area is 165 Å². The number of ether oxygens (including phenoxy) is 3. The van der Waals surface area contributed by atoms with Gasteiger partial charge in [-0.05, 0) is 65.4 Å². The Morgan fingerprint density at radius 2 is 1.96 bits per heavy atom. The summed E-state index contributed by atoms with van der Waals surface area (Å²) in [5.41, 5.74) is 1.17. The Bertz CT molecular complexity index is 844. The lowest BCUT2D eigenvalue weighted by Gasteiger charge is -2.19. The second kappa shape index (κ2) is 8.37. The highest BCUT2D eigenvalue weighted by atomic mass is 79.9. The van der Waals surface area contributed by atoms with Gasteiger partial charge in [0.15, 0.2) is 16.6 Å². The third-order valence-corrected chi connectivity index (χ3v) is 4.34. The van der Waals surface area contributed by atoms with Gasteiger partial charge in [-0.2, -0.15) is 0 Å². The maximum Gasteiger partial charge on any atom is 0.257 e. The molecule has 2 aromatic rings. The van der Waals surface area contributed by atoms with Crippen LogP contribution < -0.4 is 24.8 Å². The van der Waals surface area contributed by atoms with Gasteiger partial charge in [0, 0.05) is 17.3 Å². The molecule has 0 bridgehead atoms. The highest BCUT2D eigenvalue weighted by Crippen LogP contribution is 2.32. The summed E-state index contributed by atoms with van der Waals surface area (Å²) >= 11 is 8.61. The molecule has 8 heteroatoms. The Morgan fingerprint density at radius 3 is 2.69 bits per heavy atom. The van der Waals surface area contributed by atoms with Crippen LogP contribution in [0.2, 0.25) is 0 Å². The predicted molar refractivity (Wildman–Crippen MR) is 106 cm³/mol. The van der Waals surface area contributed by atoms with E-state index in [1.54, 1.807) is 36.4 Å². The standard InChI is InChI=1S/C18H17BrN2O4S/c1-2-23-14-5-3-11(9-13(14)19)17(22)21-18(26)20-12-4-6-15-16(10-12)25-8-7-24-15/h3-6,9-10H,2,7-8H2,1H3,(H2,20,21,22,26). The van der Waals surface area contributed by atoms with Crippen molar-refractivity contribution in [2.45, 2.75) is 6.92 Å². The molecule has 6 nitrogen and oxygen atoms in total. The molecule has 26 heavy (non-hydrogen) atoms. The lowest BCUT2D eigenvalue weighted by Crippen LogP contribution is -2.34. The minimum absolute atomic E-state index is 0.191. The summed E-state index contributed by atoms with van der Waals surface area (Å²) in [5.74, 6) is 1.70. The van der Waals surface area contributed by atoms with Crippen molar-refractivity contribution in [1.82, 2.24) is 5.32 Å². The van der Waals surface area contributed by atoms with Crippen molar-refractivity contribution >= 4 is 44.9 Å². The van der Waals surface area contributed by atoms with Crippen LogP contribution in [0.1, 0.15) is 17.3 Å². The number of anilines is 1. The summed E-state index contributed by atoms with van der Waals surface area (Å²) in [6.45, 7) is 3.48. The molecular weight excluding hydrogens is 420 g/mol. The van der Waals surface area contributed by atoms with Gasteiger partial charge in [-0.25, -0.2) is 0 Å². The van der Waals surface area contributed by atoms with E-state index in [4.69, 9.17) is 26.4 Å². The number of hydrogen-bond acceptors (Lipinski definition) is 5. The molecule has 1 aliphatic heterocycles. The first-order valence-corrected chi connectivity index (χ1v) is 9.21. The normalized spacial score (nSPS) is 12.2. The maximum absolute atomic E-state index is 12.4. The molecule has 0 radical (unpaired) electrons. The number of hydrogen-bond donors (Lipinski definition) is 2. The highest BCUT2D eigenvalue weighted by molar-refractivity contribution is 9.10. The Morgan fingerprint density at radius 1 is 1.19 bits per heavy atom. The number of amides is 1. The van der Waals surface area contributed by atoms with Crippen LogP contribution in [0.5, 0.6) is 17.2 Å². The van der Waals surface area contributed by atoms with Crippen LogP contribution in [0.15, 0.2) is 40.9 Å². The molecule has 0 aliphatic carbocycles. The van der Waals surface area contributed by atoms with Crippen LogP contribution in [0.3, 0.4) is 0 Å². The van der Waals surface area contributed by atoms with Gasteiger partial charge < -0.3 is 19.5 Å². The molecule has 2 N–H and O–H groups in total. The van der Waals surface area contributed by atoms with Crippen LogP contribution in [0.4, 0.5) is 5.69 Å². The first-order chi connectivity index (χ1) is 12.6. The lowest BCUT2D eigenvalue weighted by molar-refractivity contribution is 0.0977. The average molecular weight is 437 g/mol. The van der Waals surface area contributed by atoms with Gasteiger partial charge >= 0.3 is 0 Å². The van der Waals surface area contributed by atoms with Crippen LogP contribution in [-0.2, 0) is 0 Å². The number of thiocarbonyl (C=S) groups is 1. The van der Waals surface area contributed by atoms with Crippen LogP contribution in [-0.4, -0.2) is 30.8 Å². The number of rotatable bonds is 4. The zero-order chi connectivity index (χ0) is 18.5. The number of carbonyl (C=O) groups is 1. The van der Waals surface area contributed by atoms with Crippen LogP contribution in [0.25, 0.3) is 0 Å². The number of fused-ring (bicyclic) bond motifs is 1. The fourth-order valence-electron chi connectivity index (χ4n) is 2.37. The first-order valence-electron chi connectivity index (χ1n) is 8.01. The SMILES string of the molecule is CCOc1ccc(C(=O)NC(=S)Nc2ccc3c(c2)OCCO3)cc1Br. The molecule has 0 unspecified atom stereocenters. The van der Waals surface area contributed by atoms with E-state index in [9.17, 15) is 4.79 Å². The van der Waals surface area contributed by atoms with Crippen molar-refractivity contribution in [3.8, 4) is 17.2 Å². The predicted octanol–water partition coefficient (Wildman–Crippen LogP) is 3.75. The summed E-state index contributed by atoms with van der Waals surface area (Å²) in [4.78, 5) is 12.4. The number of carbonyl (C=O) groups excluding carboxylic acids is 1. The van der Waals surface area contributed by atoms with E-state index >= 15 is 0 Å². The lowest BCUT2D eigenvalue weighted by atomic mass is 10.2. The summed E-state index contributed by atoms with van der Waals surface area (Å²) < 4.78 is 17.1. The zero-order valence-electron chi connectivity index (χ0n) is 14.0. The van der Waals surface area contributed by atoms with Gasteiger partial charge in [-0.3, -0.25) is 10.1 Å². The zero-order valence-corrected chi connectivity index (χ0v) is 16.4. The monoisotopic (exact) mass is 436 g/mol. The molecule has 136 valence electrons. The molecule has 0 spiro atoms. The average Bonchev–Trinajstić information content (AvgIpc) is 2.63. The van der Waals surface area contributed by atoms with Gasteiger partial charge in [-0.1, -0.05) is 0 Å². The second-order valence-electron chi connectivity index (χ2n) is 5.34. The van der Waals surface area contributed by atoms with Gasteiger partial charge in [0.05, 0.1) is 11.1 Å². The fraction of sp³-hybridized carbons (Fsp3) is 0.222. The van der Waals surface area contributed by atoms with Crippen molar-refractivity contribution in [3.05, 3.63) is 46.4 Å². The summed E-state index contributed by atoms with van der Waals surface area (Å²) in [7, 11) is 0. The number of nitrogens with one attached hydrogen (secondary N) is 2. The van der Waals surface area contributed by atoms with Crippen molar-refractivity contribution in [3.63, 3.8) is 0 Å². The van der Waals surface area contributed by atoms with E-state index in [0.717, 1.165) is 0 Å². The fourth-order valence-corrected chi connectivity index (χ4v) is 3.08. The molecule has 0 saturated carbocycles. The molecular formula is C18H17BrN2O4S.